The van der Waals surface area contributed by atoms with Crippen LogP contribution in [-0.2, 0) is 11.3 Å². The Kier molecular flexibility index (Phi) is 5.47. The Labute approximate surface area is 133 Å². The maximum Gasteiger partial charge on any atom is 0.275 e. The van der Waals surface area contributed by atoms with Crippen molar-refractivity contribution in [2.45, 2.75) is 26.4 Å². The normalized spacial score (nSPS) is 14.9. The van der Waals surface area contributed by atoms with E-state index in [4.69, 9.17) is 9.47 Å². The quantitative estimate of drug-likeness (QED) is 0.817. The number of nitrogens with one attached hydrogen (secondary N) is 2. The van der Waals surface area contributed by atoms with Crippen LogP contribution >= 0.6 is 15.9 Å². The Bertz CT molecular complexity index is 520. The summed E-state index contributed by atoms with van der Waals surface area (Å²) < 4.78 is 12.1. The average molecular weight is 358 g/mol. The van der Waals surface area contributed by atoms with Gasteiger partial charge in [0.1, 0.15) is 19.8 Å². The van der Waals surface area contributed by atoms with Crippen LogP contribution in [0, 0.1) is 0 Å². The van der Waals surface area contributed by atoms with Gasteiger partial charge in [-0.2, -0.15) is 0 Å². The molecule has 0 saturated carbocycles. The molecule has 0 saturated heterocycles. The van der Waals surface area contributed by atoms with E-state index in [-0.39, 0.29) is 11.9 Å². The molecule has 1 amide bonds. The number of hydrogen-bond donors (Lipinski definition) is 2. The van der Waals surface area contributed by atoms with Gasteiger partial charge in [0.25, 0.3) is 5.91 Å². The Morgan fingerprint density at radius 1 is 1.33 bits per heavy atom. The molecule has 0 aliphatic carbocycles. The number of carbonyl (C=O) groups excluding carboxylic acids is 1. The maximum atomic E-state index is 11.8. The molecule has 1 aromatic rings. The lowest BCUT2D eigenvalue weighted by Crippen LogP contribution is -3.09. The van der Waals surface area contributed by atoms with Gasteiger partial charge < -0.3 is 19.7 Å². The zero-order valence-corrected chi connectivity index (χ0v) is 14.2. The minimum atomic E-state index is 0.0659. The standard InChI is InChI=1S/C15H21BrN2O3/c1-10(2)17-15(19)9-18(3)8-11-6-13-14(7-12(11)16)21-5-4-20-13/h6-7,10H,4-5,8-9H2,1-3H3,(H,17,19)/p+1. The lowest BCUT2D eigenvalue weighted by Gasteiger charge is -2.21. The van der Waals surface area contributed by atoms with Crippen molar-refractivity contribution in [1.82, 2.24) is 5.32 Å². The lowest BCUT2D eigenvalue weighted by molar-refractivity contribution is -0.885. The van der Waals surface area contributed by atoms with Crippen molar-refractivity contribution < 1.29 is 19.2 Å². The SMILES string of the molecule is CC(C)NC(=O)C[NH+](C)Cc1cc2c(cc1Br)OCCO2. The van der Waals surface area contributed by atoms with E-state index >= 15 is 0 Å². The number of amides is 1. The summed E-state index contributed by atoms with van der Waals surface area (Å²) in [7, 11) is 2.00. The molecular formula is C15H22BrN2O3+. The van der Waals surface area contributed by atoms with E-state index in [0.717, 1.165) is 33.0 Å². The molecule has 5 nitrogen and oxygen atoms in total. The molecule has 6 heteroatoms. The van der Waals surface area contributed by atoms with Crippen LogP contribution in [0.4, 0.5) is 0 Å². The number of halogens is 1. The molecule has 1 aliphatic rings. The summed E-state index contributed by atoms with van der Waals surface area (Å²) in [6.45, 7) is 6.27. The highest BCUT2D eigenvalue weighted by Gasteiger charge is 2.18. The van der Waals surface area contributed by atoms with Crippen molar-refractivity contribution in [3.05, 3.63) is 22.2 Å². The fraction of sp³-hybridized carbons (Fsp3) is 0.533. The molecular weight excluding hydrogens is 336 g/mol. The Morgan fingerprint density at radius 2 is 1.95 bits per heavy atom. The third-order valence-electron chi connectivity index (χ3n) is 3.12. The van der Waals surface area contributed by atoms with E-state index in [1.807, 2.05) is 33.0 Å². The number of fused-ring (bicyclic) bond motifs is 1. The van der Waals surface area contributed by atoms with Gasteiger partial charge >= 0.3 is 0 Å². The van der Waals surface area contributed by atoms with Crippen molar-refractivity contribution in [2.75, 3.05) is 26.8 Å². The molecule has 2 rings (SSSR count). The molecule has 0 bridgehead atoms. The van der Waals surface area contributed by atoms with Gasteiger partial charge in [-0.25, -0.2) is 0 Å². The average Bonchev–Trinajstić information content (AvgIpc) is 2.38. The second-order valence-electron chi connectivity index (χ2n) is 5.62. The first-order valence-electron chi connectivity index (χ1n) is 7.14. The number of hydrogen-bond acceptors (Lipinski definition) is 3. The van der Waals surface area contributed by atoms with Crippen molar-refractivity contribution >= 4 is 21.8 Å². The third kappa shape index (κ3) is 4.61. The monoisotopic (exact) mass is 357 g/mol. The summed E-state index contributed by atoms with van der Waals surface area (Å²) in [6, 6.07) is 4.10. The highest BCUT2D eigenvalue weighted by Crippen LogP contribution is 2.35. The van der Waals surface area contributed by atoms with Crippen LogP contribution in [0.1, 0.15) is 19.4 Å². The molecule has 0 spiro atoms. The lowest BCUT2D eigenvalue weighted by atomic mass is 10.2. The molecule has 1 aromatic carbocycles. The van der Waals surface area contributed by atoms with E-state index in [2.05, 4.69) is 21.2 Å². The van der Waals surface area contributed by atoms with Crippen molar-refractivity contribution in [3.63, 3.8) is 0 Å². The summed E-state index contributed by atoms with van der Waals surface area (Å²) >= 11 is 3.56. The largest absolute Gasteiger partial charge is 0.486 e. The molecule has 0 radical (unpaired) electrons. The van der Waals surface area contributed by atoms with Gasteiger partial charge in [-0.15, -0.1) is 0 Å². The molecule has 1 unspecified atom stereocenters. The smallest absolute Gasteiger partial charge is 0.275 e. The molecule has 1 atom stereocenters. The predicted octanol–water partition coefficient (Wildman–Crippen LogP) is 0.760. The van der Waals surface area contributed by atoms with Gasteiger partial charge in [0.15, 0.2) is 18.0 Å². The van der Waals surface area contributed by atoms with Gasteiger partial charge in [-0.1, -0.05) is 15.9 Å². The highest BCUT2D eigenvalue weighted by molar-refractivity contribution is 9.10. The summed E-state index contributed by atoms with van der Waals surface area (Å²) in [5.41, 5.74) is 1.11. The second-order valence-corrected chi connectivity index (χ2v) is 6.47. The van der Waals surface area contributed by atoms with E-state index in [1.54, 1.807) is 0 Å². The van der Waals surface area contributed by atoms with Gasteiger partial charge in [0, 0.05) is 16.1 Å². The molecule has 0 fully saturated rings. The third-order valence-corrected chi connectivity index (χ3v) is 3.85. The predicted molar refractivity (Wildman–Crippen MR) is 83.9 cm³/mol. The molecule has 1 aliphatic heterocycles. The molecule has 116 valence electrons. The van der Waals surface area contributed by atoms with Gasteiger partial charge in [-0.3, -0.25) is 4.79 Å². The zero-order valence-electron chi connectivity index (χ0n) is 12.7. The molecule has 2 N–H and O–H groups in total. The van der Waals surface area contributed by atoms with Crippen LogP contribution < -0.4 is 19.7 Å². The van der Waals surface area contributed by atoms with Crippen LogP contribution in [0.3, 0.4) is 0 Å². The summed E-state index contributed by atoms with van der Waals surface area (Å²) in [5, 5.41) is 2.91. The fourth-order valence-corrected chi connectivity index (χ4v) is 2.74. The number of quaternary nitrogens is 1. The Hall–Kier alpha value is -1.27. The molecule has 1 heterocycles. The van der Waals surface area contributed by atoms with E-state index in [1.165, 1.54) is 0 Å². The van der Waals surface area contributed by atoms with Crippen LogP contribution in [0.5, 0.6) is 11.5 Å². The fourth-order valence-electron chi connectivity index (χ4n) is 2.28. The van der Waals surface area contributed by atoms with Crippen LogP contribution in [0.15, 0.2) is 16.6 Å². The first kappa shape index (κ1) is 16.1. The maximum absolute atomic E-state index is 11.8. The minimum absolute atomic E-state index is 0.0659. The number of carbonyl (C=O) groups is 1. The summed E-state index contributed by atoms with van der Waals surface area (Å²) in [5.74, 6) is 1.61. The van der Waals surface area contributed by atoms with Crippen molar-refractivity contribution in [2.24, 2.45) is 0 Å². The van der Waals surface area contributed by atoms with Crippen molar-refractivity contribution in [1.29, 1.82) is 0 Å². The minimum Gasteiger partial charge on any atom is -0.486 e. The van der Waals surface area contributed by atoms with Gasteiger partial charge in [-0.05, 0) is 26.0 Å². The van der Waals surface area contributed by atoms with Crippen LogP contribution in [0.2, 0.25) is 0 Å². The first-order chi connectivity index (χ1) is 9.95. The van der Waals surface area contributed by atoms with Crippen LogP contribution in [-0.4, -0.2) is 38.8 Å². The van der Waals surface area contributed by atoms with Crippen LogP contribution in [0.25, 0.3) is 0 Å². The summed E-state index contributed by atoms with van der Waals surface area (Å²) in [4.78, 5) is 12.9. The number of likely N-dealkylation sites (N-methyl/N-ethyl adjacent to an activating group) is 1. The Balaban J connectivity index is 2.00. The number of benzene rings is 1. The van der Waals surface area contributed by atoms with E-state index < -0.39 is 0 Å². The highest BCUT2D eigenvalue weighted by atomic mass is 79.9. The van der Waals surface area contributed by atoms with Gasteiger partial charge in [0.05, 0.1) is 7.05 Å². The first-order valence-corrected chi connectivity index (χ1v) is 7.93. The van der Waals surface area contributed by atoms with Crippen molar-refractivity contribution in [3.8, 4) is 11.5 Å². The number of ether oxygens (including phenoxy) is 2. The van der Waals surface area contributed by atoms with Gasteiger partial charge in [0.2, 0.25) is 0 Å². The second kappa shape index (κ2) is 7.13. The Morgan fingerprint density at radius 3 is 2.57 bits per heavy atom. The molecule has 0 aromatic heterocycles. The summed E-state index contributed by atoms with van der Waals surface area (Å²) in [6.07, 6.45) is 0. The number of rotatable bonds is 5. The molecule has 21 heavy (non-hydrogen) atoms. The zero-order chi connectivity index (χ0) is 15.4. The topological polar surface area (TPSA) is 52.0 Å². The van der Waals surface area contributed by atoms with E-state index in [9.17, 15) is 4.79 Å². The van der Waals surface area contributed by atoms with E-state index in [0.29, 0.717) is 19.8 Å².